The third-order valence-corrected chi connectivity index (χ3v) is 6.25. The Hall–Kier alpha value is -1.83. The molecule has 2 atom stereocenters. The first-order valence-corrected chi connectivity index (χ1v) is 9.92. The number of pyridine rings is 2. The minimum Gasteiger partial charge on any atom is -0.352 e. The van der Waals surface area contributed by atoms with Crippen molar-refractivity contribution in [3.05, 3.63) is 81.0 Å². The predicted octanol–water partition coefficient (Wildman–Crippen LogP) is 4.47. The minimum absolute atomic E-state index is 0.0166. The lowest BCUT2D eigenvalue weighted by molar-refractivity contribution is 0.312. The summed E-state index contributed by atoms with van der Waals surface area (Å²) in [6.07, 6.45) is 3.64. The number of nitrogens with one attached hydrogen (secondary N) is 1. The van der Waals surface area contributed by atoms with Crippen molar-refractivity contribution in [3.8, 4) is 0 Å². The summed E-state index contributed by atoms with van der Waals surface area (Å²) >= 11 is 10.9. The molecule has 1 N–H and O–H groups in total. The number of rotatable bonds is 4. The van der Waals surface area contributed by atoms with Crippen molar-refractivity contribution in [2.45, 2.75) is 18.6 Å². The van der Waals surface area contributed by atoms with Crippen LogP contribution in [-0.4, -0.2) is 20.0 Å². The van der Waals surface area contributed by atoms with E-state index >= 15 is 0 Å². The number of hydrogen-bond donors (Lipinski definition) is 1. The highest BCUT2D eigenvalue weighted by atomic mass is 79.9. The molecule has 25 heavy (non-hydrogen) atoms. The van der Waals surface area contributed by atoms with Gasteiger partial charge in [-0.15, -0.1) is 11.3 Å². The molecule has 7 heteroatoms. The van der Waals surface area contributed by atoms with E-state index in [-0.39, 0.29) is 12.1 Å². The molecular weight excluding hydrogens is 416 g/mol. The molecule has 1 aliphatic heterocycles. The number of thiocarbonyl (C=S) groups is 1. The zero-order chi connectivity index (χ0) is 17.2. The van der Waals surface area contributed by atoms with Crippen LogP contribution in [0, 0.1) is 0 Å². The number of hydrogen-bond acceptors (Lipinski definition) is 4. The molecule has 126 valence electrons. The fourth-order valence-corrected chi connectivity index (χ4v) is 4.93. The van der Waals surface area contributed by atoms with Gasteiger partial charge in [0.05, 0.1) is 30.0 Å². The van der Waals surface area contributed by atoms with Crippen molar-refractivity contribution in [2.75, 3.05) is 0 Å². The van der Waals surface area contributed by atoms with Crippen molar-refractivity contribution >= 4 is 44.6 Å². The minimum atomic E-state index is 0.0166. The summed E-state index contributed by atoms with van der Waals surface area (Å²) in [5.41, 5.74) is 1.98. The van der Waals surface area contributed by atoms with Crippen molar-refractivity contribution in [3.63, 3.8) is 0 Å². The van der Waals surface area contributed by atoms with E-state index in [2.05, 4.69) is 47.6 Å². The lowest BCUT2D eigenvalue weighted by Gasteiger charge is -2.26. The molecule has 0 spiro atoms. The van der Waals surface area contributed by atoms with Crippen LogP contribution in [0.1, 0.15) is 28.3 Å². The van der Waals surface area contributed by atoms with Gasteiger partial charge in [-0.25, -0.2) is 0 Å². The Bertz CT molecular complexity index is 869. The summed E-state index contributed by atoms with van der Waals surface area (Å²) in [5.74, 6) is 0. The molecule has 1 aliphatic rings. The molecule has 0 radical (unpaired) electrons. The van der Waals surface area contributed by atoms with E-state index in [4.69, 9.17) is 12.2 Å². The molecule has 0 saturated carbocycles. The van der Waals surface area contributed by atoms with Crippen LogP contribution >= 0.6 is 39.5 Å². The highest BCUT2D eigenvalue weighted by Crippen LogP contribution is 2.42. The van der Waals surface area contributed by atoms with Gasteiger partial charge in [-0.05, 0) is 58.5 Å². The van der Waals surface area contributed by atoms with Gasteiger partial charge in [-0.1, -0.05) is 12.1 Å². The zero-order valence-corrected chi connectivity index (χ0v) is 16.4. The van der Waals surface area contributed by atoms with E-state index in [1.807, 2.05) is 48.8 Å². The summed E-state index contributed by atoms with van der Waals surface area (Å²) in [6.45, 7) is 0.663. The van der Waals surface area contributed by atoms with E-state index in [0.29, 0.717) is 6.54 Å². The fourth-order valence-electron chi connectivity index (χ4n) is 3.03. The maximum Gasteiger partial charge on any atom is 0.170 e. The Morgan fingerprint density at radius 1 is 1.16 bits per heavy atom. The number of thiophene rings is 1. The van der Waals surface area contributed by atoms with Crippen molar-refractivity contribution in [1.82, 2.24) is 20.2 Å². The van der Waals surface area contributed by atoms with Crippen LogP contribution in [0.2, 0.25) is 0 Å². The Morgan fingerprint density at radius 3 is 2.60 bits per heavy atom. The Balaban J connectivity index is 1.72. The SMILES string of the molecule is S=C1N[C@H](c2ccccn2)[C@@H](c2cc(Br)cs2)N1Cc1ccccn1. The van der Waals surface area contributed by atoms with Crippen molar-refractivity contribution in [2.24, 2.45) is 0 Å². The van der Waals surface area contributed by atoms with Gasteiger partial charge in [0, 0.05) is 27.1 Å². The molecule has 0 bridgehead atoms. The van der Waals surface area contributed by atoms with E-state index in [0.717, 1.165) is 21.0 Å². The van der Waals surface area contributed by atoms with Crippen LogP contribution in [0.3, 0.4) is 0 Å². The highest BCUT2D eigenvalue weighted by molar-refractivity contribution is 9.10. The summed E-state index contributed by atoms with van der Waals surface area (Å²) in [4.78, 5) is 12.5. The van der Waals surface area contributed by atoms with Gasteiger partial charge in [0.15, 0.2) is 5.11 Å². The molecule has 4 heterocycles. The molecule has 3 aromatic heterocycles. The zero-order valence-electron chi connectivity index (χ0n) is 13.2. The summed E-state index contributed by atoms with van der Waals surface area (Å²) < 4.78 is 1.09. The van der Waals surface area contributed by atoms with Crippen molar-refractivity contribution in [1.29, 1.82) is 0 Å². The van der Waals surface area contributed by atoms with Gasteiger partial charge in [-0.3, -0.25) is 9.97 Å². The summed E-state index contributed by atoms with van der Waals surface area (Å²) in [5, 5.41) is 6.29. The van der Waals surface area contributed by atoms with Crippen LogP contribution in [-0.2, 0) is 6.54 Å². The second-order valence-electron chi connectivity index (χ2n) is 5.74. The molecule has 4 rings (SSSR count). The smallest absolute Gasteiger partial charge is 0.170 e. The first-order valence-electron chi connectivity index (χ1n) is 7.84. The van der Waals surface area contributed by atoms with E-state index in [9.17, 15) is 0 Å². The predicted molar refractivity (Wildman–Crippen MR) is 107 cm³/mol. The lowest BCUT2D eigenvalue weighted by Crippen LogP contribution is -2.29. The average Bonchev–Trinajstić information content (AvgIpc) is 3.20. The molecule has 4 nitrogen and oxygen atoms in total. The van der Waals surface area contributed by atoms with Gasteiger partial charge in [0.2, 0.25) is 0 Å². The molecule has 0 aliphatic carbocycles. The molecule has 0 unspecified atom stereocenters. The Labute approximate surface area is 164 Å². The quantitative estimate of drug-likeness (QED) is 0.618. The number of aromatic nitrogens is 2. The van der Waals surface area contributed by atoms with Crippen LogP contribution in [0.15, 0.2) is 64.7 Å². The van der Waals surface area contributed by atoms with E-state index < -0.39 is 0 Å². The van der Waals surface area contributed by atoms with Gasteiger partial charge >= 0.3 is 0 Å². The van der Waals surface area contributed by atoms with E-state index in [1.54, 1.807) is 11.3 Å². The third-order valence-electron chi connectivity index (χ3n) is 4.14. The molecule has 0 amide bonds. The molecule has 1 fully saturated rings. The summed E-state index contributed by atoms with van der Waals surface area (Å²) in [7, 11) is 0. The monoisotopic (exact) mass is 430 g/mol. The fraction of sp³-hybridized carbons (Fsp3) is 0.167. The van der Waals surface area contributed by atoms with Crippen LogP contribution in [0.25, 0.3) is 0 Å². The normalized spacial score (nSPS) is 19.9. The number of nitrogens with zero attached hydrogens (tertiary/aromatic N) is 3. The van der Waals surface area contributed by atoms with Gasteiger partial charge in [-0.2, -0.15) is 0 Å². The second-order valence-corrected chi connectivity index (χ2v) is 7.99. The number of halogens is 1. The Kier molecular flexibility index (Phi) is 4.78. The molecule has 0 aromatic carbocycles. The van der Waals surface area contributed by atoms with Gasteiger partial charge < -0.3 is 10.2 Å². The molecule has 1 saturated heterocycles. The van der Waals surface area contributed by atoms with Gasteiger partial charge in [0.1, 0.15) is 0 Å². The topological polar surface area (TPSA) is 41.1 Å². The van der Waals surface area contributed by atoms with Crippen LogP contribution < -0.4 is 5.32 Å². The second kappa shape index (κ2) is 7.19. The lowest BCUT2D eigenvalue weighted by atomic mass is 10.0. The third kappa shape index (κ3) is 3.44. The van der Waals surface area contributed by atoms with Crippen LogP contribution in [0.4, 0.5) is 0 Å². The average molecular weight is 431 g/mol. The van der Waals surface area contributed by atoms with E-state index in [1.165, 1.54) is 4.88 Å². The Morgan fingerprint density at radius 2 is 1.96 bits per heavy atom. The van der Waals surface area contributed by atoms with Crippen LogP contribution in [0.5, 0.6) is 0 Å². The first kappa shape index (κ1) is 16.6. The maximum atomic E-state index is 5.65. The largest absolute Gasteiger partial charge is 0.352 e. The highest BCUT2D eigenvalue weighted by Gasteiger charge is 2.40. The van der Waals surface area contributed by atoms with Gasteiger partial charge in [0.25, 0.3) is 0 Å². The molecule has 3 aromatic rings. The summed E-state index contributed by atoms with van der Waals surface area (Å²) in [6, 6.07) is 14.2. The molecular formula is C18H15BrN4S2. The maximum absolute atomic E-state index is 5.65. The standard InChI is InChI=1S/C18H15BrN4S2/c19-12-9-15(25-11-12)17-16(14-6-2-4-8-21-14)22-18(24)23(17)10-13-5-1-3-7-20-13/h1-9,11,16-17H,10H2,(H,22,24)/t16-,17-/m1/s1. The first-order chi connectivity index (χ1) is 12.2. The van der Waals surface area contributed by atoms with Crippen molar-refractivity contribution < 1.29 is 0 Å².